The lowest BCUT2D eigenvalue weighted by Gasteiger charge is -2.36. The number of fused-ring (bicyclic) bond motifs is 1. The third kappa shape index (κ3) is 6.56. The first-order valence-corrected chi connectivity index (χ1v) is 12.8. The van der Waals surface area contributed by atoms with Crippen LogP contribution in [0.3, 0.4) is 0 Å². The van der Waals surface area contributed by atoms with E-state index in [1.54, 1.807) is 19.5 Å². The number of ether oxygens (including phenoxy) is 1. The van der Waals surface area contributed by atoms with Gasteiger partial charge in [0.25, 0.3) is 5.91 Å². The molecule has 2 aliphatic rings. The molecule has 0 aliphatic carbocycles. The summed E-state index contributed by atoms with van der Waals surface area (Å²) in [6.45, 7) is 8.40. The van der Waals surface area contributed by atoms with Crippen LogP contribution in [0.5, 0.6) is 0 Å². The monoisotopic (exact) mass is 465 g/mol. The van der Waals surface area contributed by atoms with Crippen LogP contribution < -0.4 is 15.1 Å². The average Bonchev–Trinajstić information content (AvgIpc) is 2.88. The number of carbonyl (C=O) groups excluding carboxylic acids is 1. The van der Waals surface area contributed by atoms with Crippen LogP contribution in [0, 0.1) is 0 Å². The zero-order chi connectivity index (χ0) is 23.6. The molecule has 184 valence electrons. The van der Waals surface area contributed by atoms with Crippen LogP contribution in [0.2, 0.25) is 0 Å². The Kier molecular flexibility index (Phi) is 9.30. The molecule has 0 saturated carbocycles. The van der Waals surface area contributed by atoms with E-state index in [1.807, 2.05) is 17.0 Å². The van der Waals surface area contributed by atoms with Crippen LogP contribution in [0.25, 0.3) is 0 Å². The molecule has 1 aromatic carbocycles. The van der Waals surface area contributed by atoms with E-state index in [2.05, 4.69) is 38.3 Å². The minimum Gasteiger partial charge on any atom is -0.383 e. The molecule has 7 heteroatoms. The third-order valence-corrected chi connectivity index (χ3v) is 6.91. The molecule has 0 radical (unpaired) electrons. The standard InChI is InChI=1S/C27H39N5O2/c1-34-19-18-30-14-16-31(17-15-30)25-9-10-26-24(20-25)22-28-11-5-3-2-4-6-13-32(26)27(33)23-8-7-12-29-21-23/h7-10,12,20-21,28H,2-6,11,13-19,22H2,1H3. The minimum atomic E-state index is 0.0333. The highest BCUT2D eigenvalue weighted by molar-refractivity contribution is 6.06. The maximum absolute atomic E-state index is 13.5. The second-order valence-electron chi connectivity index (χ2n) is 9.28. The molecule has 0 atom stereocenters. The van der Waals surface area contributed by atoms with E-state index in [4.69, 9.17) is 4.74 Å². The van der Waals surface area contributed by atoms with Gasteiger partial charge in [0.2, 0.25) is 0 Å². The molecule has 4 rings (SSSR count). The lowest BCUT2D eigenvalue weighted by molar-refractivity contribution is 0.0986. The fourth-order valence-electron chi connectivity index (χ4n) is 4.87. The van der Waals surface area contributed by atoms with Gasteiger partial charge in [-0.15, -0.1) is 0 Å². The maximum atomic E-state index is 13.5. The summed E-state index contributed by atoms with van der Waals surface area (Å²) >= 11 is 0. The summed E-state index contributed by atoms with van der Waals surface area (Å²) in [6.07, 6.45) is 9.22. The van der Waals surface area contributed by atoms with Crippen molar-refractivity contribution in [3.8, 4) is 0 Å². The predicted octanol–water partition coefficient (Wildman–Crippen LogP) is 3.55. The van der Waals surface area contributed by atoms with Crippen molar-refractivity contribution < 1.29 is 9.53 Å². The molecular formula is C27H39N5O2. The number of amides is 1. The molecule has 1 aromatic heterocycles. The highest BCUT2D eigenvalue weighted by Gasteiger charge is 2.23. The van der Waals surface area contributed by atoms with Crippen LogP contribution in [-0.2, 0) is 11.3 Å². The van der Waals surface area contributed by atoms with Crippen LogP contribution in [0.4, 0.5) is 11.4 Å². The Morgan fingerprint density at radius 3 is 2.65 bits per heavy atom. The van der Waals surface area contributed by atoms with Crippen LogP contribution in [0.1, 0.15) is 48.0 Å². The topological polar surface area (TPSA) is 60.9 Å². The van der Waals surface area contributed by atoms with Gasteiger partial charge in [0.05, 0.1) is 12.2 Å². The Labute approximate surface area is 204 Å². The Hall–Kier alpha value is -2.48. The summed E-state index contributed by atoms with van der Waals surface area (Å²) in [5, 5.41) is 3.63. The molecule has 0 bridgehead atoms. The molecule has 1 N–H and O–H groups in total. The Morgan fingerprint density at radius 2 is 1.85 bits per heavy atom. The number of carbonyl (C=O) groups is 1. The number of pyridine rings is 1. The summed E-state index contributed by atoms with van der Waals surface area (Å²) in [5.74, 6) is 0.0333. The van der Waals surface area contributed by atoms with E-state index in [9.17, 15) is 4.79 Å². The molecule has 34 heavy (non-hydrogen) atoms. The van der Waals surface area contributed by atoms with Crippen molar-refractivity contribution in [3.05, 3.63) is 53.9 Å². The molecule has 2 aromatic rings. The van der Waals surface area contributed by atoms with E-state index in [0.29, 0.717) is 5.56 Å². The molecule has 1 amide bonds. The third-order valence-electron chi connectivity index (χ3n) is 6.91. The van der Waals surface area contributed by atoms with E-state index < -0.39 is 0 Å². The van der Waals surface area contributed by atoms with Crippen molar-refractivity contribution in [2.24, 2.45) is 0 Å². The second kappa shape index (κ2) is 12.8. The van der Waals surface area contributed by atoms with Gasteiger partial charge >= 0.3 is 0 Å². The quantitative estimate of drug-likeness (QED) is 0.729. The van der Waals surface area contributed by atoms with E-state index in [-0.39, 0.29) is 5.91 Å². The first-order chi connectivity index (χ1) is 16.8. The van der Waals surface area contributed by atoms with Gasteiger partial charge < -0.3 is 19.9 Å². The van der Waals surface area contributed by atoms with Crippen LogP contribution in [-0.4, -0.2) is 75.3 Å². The highest BCUT2D eigenvalue weighted by atomic mass is 16.5. The Balaban J connectivity index is 1.57. The van der Waals surface area contributed by atoms with Crippen molar-refractivity contribution >= 4 is 17.3 Å². The Bertz CT molecular complexity index is 899. The second-order valence-corrected chi connectivity index (χ2v) is 9.28. The van der Waals surface area contributed by atoms with Gasteiger partial charge in [-0.1, -0.05) is 19.3 Å². The Morgan fingerprint density at radius 1 is 1.03 bits per heavy atom. The summed E-state index contributed by atoms with van der Waals surface area (Å²) in [5.41, 5.74) is 4.10. The summed E-state index contributed by atoms with van der Waals surface area (Å²) in [7, 11) is 1.76. The number of aromatic nitrogens is 1. The van der Waals surface area contributed by atoms with Gasteiger partial charge in [0.15, 0.2) is 0 Å². The van der Waals surface area contributed by atoms with Gasteiger partial charge in [-0.3, -0.25) is 14.7 Å². The molecule has 2 aliphatic heterocycles. The number of piperazine rings is 1. The number of hydrogen-bond donors (Lipinski definition) is 1. The highest BCUT2D eigenvalue weighted by Crippen LogP contribution is 2.29. The lowest BCUT2D eigenvalue weighted by Crippen LogP contribution is -2.47. The van der Waals surface area contributed by atoms with Gasteiger partial charge in [0, 0.05) is 76.7 Å². The number of benzene rings is 1. The number of hydrogen-bond acceptors (Lipinski definition) is 6. The molecule has 3 heterocycles. The first kappa shape index (κ1) is 24.6. The summed E-state index contributed by atoms with van der Waals surface area (Å²) in [6, 6.07) is 10.3. The van der Waals surface area contributed by atoms with Crippen molar-refractivity contribution in [2.45, 2.75) is 38.6 Å². The van der Waals surface area contributed by atoms with Crippen LogP contribution >= 0.6 is 0 Å². The lowest BCUT2D eigenvalue weighted by atomic mass is 10.1. The summed E-state index contributed by atoms with van der Waals surface area (Å²) in [4.78, 5) is 24.6. The fourth-order valence-corrected chi connectivity index (χ4v) is 4.87. The number of nitrogens with one attached hydrogen (secondary N) is 1. The average molecular weight is 466 g/mol. The SMILES string of the molecule is COCCN1CCN(c2ccc3c(c2)CNCCCCCCCN3C(=O)c2cccnc2)CC1. The van der Waals surface area contributed by atoms with E-state index >= 15 is 0 Å². The van der Waals surface area contributed by atoms with E-state index in [1.165, 1.54) is 30.5 Å². The zero-order valence-electron chi connectivity index (χ0n) is 20.5. The van der Waals surface area contributed by atoms with Crippen molar-refractivity contribution in [1.29, 1.82) is 0 Å². The van der Waals surface area contributed by atoms with E-state index in [0.717, 1.165) is 77.5 Å². The zero-order valence-corrected chi connectivity index (χ0v) is 20.5. The first-order valence-electron chi connectivity index (χ1n) is 12.8. The van der Waals surface area contributed by atoms with Crippen LogP contribution in [0.15, 0.2) is 42.7 Å². The van der Waals surface area contributed by atoms with Gasteiger partial charge in [-0.25, -0.2) is 0 Å². The summed E-state index contributed by atoms with van der Waals surface area (Å²) < 4.78 is 5.24. The maximum Gasteiger partial charge on any atom is 0.259 e. The molecule has 0 unspecified atom stereocenters. The van der Waals surface area contributed by atoms with Gasteiger partial charge in [-0.2, -0.15) is 0 Å². The minimum absolute atomic E-state index is 0.0333. The number of rotatable bonds is 5. The fraction of sp³-hybridized carbons (Fsp3) is 0.556. The molecular weight excluding hydrogens is 426 g/mol. The molecule has 1 fully saturated rings. The molecule has 0 spiro atoms. The van der Waals surface area contributed by atoms with Crippen molar-refractivity contribution in [2.75, 3.05) is 69.3 Å². The smallest absolute Gasteiger partial charge is 0.259 e. The van der Waals surface area contributed by atoms with Gasteiger partial charge in [0.1, 0.15) is 0 Å². The molecule has 7 nitrogen and oxygen atoms in total. The predicted molar refractivity (Wildman–Crippen MR) is 138 cm³/mol. The number of anilines is 2. The largest absolute Gasteiger partial charge is 0.383 e. The molecule has 1 saturated heterocycles. The van der Waals surface area contributed by atoms with Crippen molar-refractivity contribution in [1.82, 2.24) is 15.2 Å². The number of nitrogens with zero attached hydrogens (tertiary/aromatic N) is 4. The normalized spacial score (nSPS) is 18.6. The van der Waals surface area contributed by atoms with Crippen molar-refractivity contribution in [3.63, 3.8) is 0 Å². The number of methoxy groups -OCH3 is 1. The van der Waals surface area contributed by atoms with Gasteiger partial charge in [-0.05, 0) is 55.3 Å².